The van der Waals surface area contributed by atoms with E-state index in [2.05, 4.69) is 11.9 Å². The summed E-state index contributed by atoms with van der Waals surface area (Å²) in [4.78, 5) is 18.7. The van der Waals surface area contributed by atoms with Gasteiger partial charge in [-0.1, -0.05) is 0 Å². The molecular weight excluding hydrogens is 258 g/mol. The van der Waals surface area contributed by atoms with E-state index in [-0.39, 0.29) is 11.9 Å². The Morgan fingerprint density at radius 1 is 1.58 bits per heavy atom. The molecule has 1 aliphatic heterocycles. The van der Waals surface area contributed by atoms with Crippen LogP contribution >= 0.6 is 11.3 Å². The van der Waals surface area contributed by atoms with Gasteiger partial charge in [-0.05, 0) is 44.0 Å². The van der Waals surface area contributed by atoms with Gasteiger partial charge in [-0.2, -0.15) is 0 Å². The Labute approximate surface area is 116 Å². The first-order valence-corrected chi connectivity index (χ1v) is 7.41. The molecule has 2 unspecified atom stereocenters. The quantitative estimate of drug-likeness (QED) is 0.913. The lowest BCUT2D eigenvalue weighted by atomic mass is 10.1. The van der Waals surface area contributed by atoms with Gasteiger partial charge < -0.3 is 10.6 Å². The van der Waals surface area contributed by atoms with E-state index < -0.39 is 0 Å². The van der Waals surface area contributed by atoms with Crippen LogP contribution in [0.2, 0.25) is 0 Å². The molecule has 2 aromatic rings. The fourth-order valence-electron chi connectivity index (χ4n) is 2.75. The SMILES string of the molecule is CC1CC(CN)CN1C(=O)c1ccc2ncsc2c1. The lowest BCUT2D eigenvalue weighted by molar-refractivity contribution is 0.0743. The largest absolute Gasteiger partial charge is 0.336 e. The number of thiazole rings is 1. The Morgan fingerprint density at radius 3 is 3.16 bits per heavy atom. The maximum Gasteiger partial charge on any atom is 0.254 e. The summed E-state index contributed by atoms with van der Waals surface area (Å²) < 4.78 is 1.06. The van der Waals surface area contributed by atoms with Gasteiger partial charge >= 0.3 is 0 Å². The summed E-state index contributed by atoms with van der Waals surface area (Å²) >= 11 is 1.57. The van der Waals surface area contributed by atoms with E-state index in [9.17, 15) is 4.79 Å². The highest BCUT2D eigenvalue weighted by atomic mass is 32.1. The van der Waals surface area contributed by atoms with Crippen LogP contribution in [0.4, 0.5) is 0 Å². The van der Waals surface area contributed by atoms with Gasteiger partial charge in [0.1, 0.15) is 0 Å². The minimum atomic E-state index is 0.110. The van der Waals surface area contributed by atoms with Crippen LogP contribution in [-0.4, -0.2) is 34.9 Å². The average Bonchev–Trinajstić information content (AvgIpc) is 3.02. The molecule has 2 atom stereocenters. The van der Waals surface area contributed by atoms with Gasteiger partial charge in [0.05, 0.1) is 15.7 Å². The standard InChI is InChI=1S/C14H17N3OS/c1-9-4-10(6-15)7-17(9)14(18)11-2-3-12-13(5-11)19-8-16-12/h2-3,5,8-10H,4,6-7,15H2,1H3. The van der Waals surface area contributed by atoms with E-state index in [1.165, 1.54) is 0 Å². The molecule has 0 aliphatic carbocycles. The molecule has 1 fully saturated rings. The number of rotatable bonds is 2. The third-order valence-electron chi connectivity index (χ3n) is 3.83. The van der Waals surface area contributed by atoms with Crippen LogP contribution in [0.25, 0.3) is 10.2 Å². The topological polar surface area (TPSA) is 59.2 Å². The number of carbonyl (C=O) groups is 1. The Morgan fingerprint density at radius 2 is 2.42 bits per heavy atom. The second-order valence-corrected chi connectivity index (χ2v) is 6.07. The van der Waals surface area contributed by atoms with Crippen molar-refractivity contribution in [2.24, 2.45) is 11.7 Å². The second kappa shape index (κ2) is 4.90. The van der Waals surface area contributed by atoms with Crippen molar-refractivity contribution in [2.45, 2.75) is 19.4 Å². The fourth-order valence-corrected chi connectivity index (χ4v) is 3.47. The zero-order valence-corrected chi connectivity index (χ0v) is 11.7. The summed E-state index contributed by atoms with van der Waals surface area (Å²) in [6.45, 7) is 3.53. The Balaban J connectivity index is 1.87. The van der Waals surface area contributed by atoms with Crippen molar-refractivity contribution in [1.29, 1.82) is 0 Å². The molecule has 2 heterocycles. The maximum absolute atomic E-state index is 12.6. The first-order chi connectivity index (χ1) is 9.19. The number of aromatic nitrogens is 1. The molecule has 0 radical (unpaired) electrons. The molecule has 0 spiro atoms. The Bertz CT molecular complexity index is 610. The summed E-state index contributed by atoms with van der Waals surface area (Å²) in [6.07, 6.45) is 1.01. The van der Waals surface area contributed by atoms with Gasteiger partial charge in [0.15, 0.2) is 0 Å². The smallest absolute Gasteiger partial charge is 0.254 e. The van der Waals surface area contributed by atoms with Gasteiger partial charge in [0, 0.05) is 18.2 Å². The number of fused-ring (bicyclic) bond motifs is 1. The monoisotopic (exact) mass is 275 g/mol. The van der Waals surface area contributed by atoms with E-state index in [0.29, 0.717) is 12.5 Å². The number of nitrogens with two attached hydrogens (primary N) is 1. The first kappa shape index (κ1) is 12.6. The van der Waals surface area contributed by atoms with Gasteiger partial charge in [-0.15, -0.1) is 11.3 Å². The molecule has 0 bridgehead atoms. The Hall–Kier alpha value is -1.46. The Kier molecular flexibility index (Phi) is 3.24. The number of amides is 1. The van der Waals surface area contributed by atoms with Crippen molar-refractivity contribution in [3.8, 4) is 0 Å². The molecule has 1 aromatic carbocycles. The van der Waals surface area contributed by atoms with Crippen molar-refractivity contribution in [3.63, 3.8) is 0 Å². The molecular formula is C14H17N3OS. The van der Waals surface area contributed by atoms with E-state index >= 15 is 0 Å². The predicted molar refractivity (Wildman–Crippen MR) is 77.3 cm³/mol. The fraction of sp³-hybridized carbons (Fsp3) is 0.429. The maximum atomic E-state index is 12.6. The van der Waals surface area contributed by atoms with Crippen molar-refractivity contribution in [3.05, 3.63) is 29.3 Å². The highest BCUT2D eigenvalue weighted by Gasteiger charge is 2.32. The zero-order valence-electron chi connectivity index (χ0n) is 10.9. The minimum Gasteiger partial charge on any atom is -0.336 e. The van der Waals surface area contributed by atoms with Gasteiger partial charge in [0.25, 0.3) is 5.91 Å². The number of likely N-dealkylation sites (tertiary alicyclic amines) is 1. The van der Waals surface area contributed by atoms with Crippen molar-refractivity contribution in [1.82, 2.24) is 9.88 Å². The van der Waals surface area contributed by atoms with Crippen molar-refractivity contribution < 1.29 is 4.79 Å². The average molecular weight is 275 g/mol. The summed E-state index contributed by atoms with van der Waals surface area (Å²) in [5.41, 5.74) is 9.23. The van der Waals surface area contributed by atoms with Gasteiger partial charge in [-0.25, -0.2) is 4.98 Å². The predicted octanol–water partition coefficient (Wildman–Crippen LogP) is 2.11. The van der Waals surface area contributed by atoms with E-state index in [1.54, 1.807) is 11.3 Å². The number of carbonyl (C=O) groups excluding carboxylic acids is 1. The molecule has 3 rings (SSSR count). The molecule has 1 amide bonds. The van der Waals surface area contributed by atoms with E-state index in [4.69, 9.17) is 5.73 Å². The van der Waals surface area contributed by atoms with Crippen LogP contribution in [0.15, 0.2) is 23.7 Å². The number of nitrogens with zero attached hydrogens (tertiary/aromatic N) is 2. The minimum absolute atomic E-state index is 0.110. The first-order valence-electron chi connectivity index (χ1n) is 6.53. The molecule has 0 saturated carbocycles. The van der Waals surface area contributed by atoms with Gasteiger partial charge in [-0.3, -0.25) is 4.79 Å². The molecule has 100 valence electrons. The second-order valence-electron chi connectivity index (χ2n) is 5.18. The third kappa shape index (κ3) is 2.24. The molecule has 2 N–H and O–H groups in total. The number of hydrogen-bond acceptors (Lipinski definition) is 4. The summed E-state index contributed by atoms with van der Waals surface area (Å²) in [5, 5.41) is 0. The van der Waals surface area contributed by atoms with Crippen LogP contribution in [0.1, 0.15) is 23.7 Å². The highest BCUT2D eigenvalue weighted by Crippen LogP contribution is 2.26. The zero-order chi connectivity index (χ0) is 13.4. The lowest BCUT2D eigenvalue weighted by Crippen LogP contribution is -2.34. The normalized spacial score (nSPS) is 23.2. The summed E-state index contributed by atoms with van der Waals surface area (Å²) in [6, 6.07) is 6.00. The van der Waals surface area contributed by atoms with Crippen LogP contribution < -0.4 is 5.73 Å². The van der Waals surface area contributed by atoms with E-state index in [1.807, 2.05) is 28.6 Å². The van der Waals surface area contributed by atoms with Crippen LogP contribution in [-0.2, 0) is 0 Å². The van der Waals surface area contributed by atoms with Crippen LogP contribution in [0.3, 0.4) is 0 Å². The molecule has 4 nitrogen and oxygen atoms in total. The molecule has 19 heavy (non-hydrogen) atoms. The third-order valence-corrected chi connectivity index (χ3v) is 4.63. The molecule has 5 heteroatoms. The summed E-state index contributed by atoms with van der Waals surface area (Å²) in [5.74, 6) is 0.546. The van der Waals surface area contributed by atoms with Crippen molar-refractivity contribution >= 4 is 27.5 Å². The number of hydrogen-bond donors (Lipinski definition) is 1. The molecule has 1 aromatic heterocycles. The molecule has 1 aliphatic rings. The van der Waals surface area contributed by atoms with Crippen LogP contribution in [0.5, 0.6) is 0 Å². The van der Waals surface area contributed by atoms with Crippen LogP contribution in [0, 0.1) is 5.92 Å². The summed E-state index contributed by atoms with van der Waals surface area (Å²) in [7, 11) is 0. The van der Waals surface area contributed by atoms with Crippen molar-refractivity contribution in [2.75, 3.05) is 13.1 Å². The highest BCUT2D eigenvalue weighted by molar-refractivity contribution is 7.16. The van der Waals surface area contributed by atoms with E-state index in [0.717, 1.165) is 28.7 Å². The van der Waals surface area contributed by atoms with Gasteiger partial charge in [0.2, 0.25) is 0 Å². The molecule has 1 saturated heterocycles. The number of benzene rings is 1. The lowest BCUT2D eigenvalue weighted by Gasteiger charge is -2.21.